The van der Waals surface area contributed by atoms with Crippen LogP contribution >= 0.6 is 0 Å². The monoisotopic (exact) mass is 338 g/mol. The van der Waals surface area contributed by atoms with Crippen molar-refractivity contribution in [2.24, 2.45) is 7.05 Å². The van der Waals surface area contributed by atoms with Crippen molar-refractivity contribution in [2.45, 2.75) is 6.54 Å². The van der Waals surface area contributed by atoms with Gasteiger partial charge in [0.25, 0.3) is 5.91 Å². The average molecular weight is 338 g/mol. The van der Waals surface area contributed by atoms with E-state index in [0.29, 0.717) is 17.7 Å². The first-order chi connectivity index (χ1) is 11.9. The zero-order chi connectivity index (χ0) is 18.1. The Labute approximate surface area is 146 Å². The number of benzene rings is 1. The number of aromatic hydroxyl groups is 1. The normalized spacial score (nSPS) is 11.2. The second kappa shape index (κ2) is 6.57. The third kappa shape index (κ3) is 2.96. The van der Waals surface area contributed by atoms with Gasteiger partial charge in [0.1, 0.15) is 5.75 Å². The lowest BCUT2D eigenvalue weighted by atomic mass is 10.0. The quantitative estimate of drug-likeness (QED) is 0.766. The molecule has 2 heterocycles. The lowest BCUT2D eigenvalue weighted by Gasteiger charge is -2.12. The molecule has 0 bridgehead atoms. The fourth-order valence-corrected chi connectivity index (χ4v) is 3.14. The lowest BCUT2D eigenvalue weighted by Crippen LogP contribution is -2.22. The van der Waals surface area contributed by atoms with E-state index >= 15 is 0 Å². The van der Waals surface area contributed by atoms with E-state index in [1.54, 1.807) is 25.5 Å². The summed E-state index contributed by atoms with van der Waals surface area (Å²) in [6.45, 7) is 0.622. The van der Waals surface area contributed by atoms with Crippen LogP contribution in [0.2, 0.25) is 0 Å². The maximum Gasteiger partial charge on any atom is 0.253 e. The van der Waals surface area contributed by atoms with Gasteiger partial charge in [-0.3, -0.25) is 9.78 Å². The fourth-order valence-electron chi connectivity index (χ4n) is 3.14. The average Bonchev–Trinajstić information content (AvgIpc) is 2.85. The Morgan fingerprint density at radius 3 is 2.72 bits per heavy atom. The molecule has 0 aliphatic rings. The van der Waals surface area contributed by atoms with Crippen molar-refractivity contribution in [1.29, 1.82) is 0 Å². The number of hydrogen-bond acceptors (Lipinski definition) is 4. The predicted octanol–water partition coefficient (Wildman–Crippen LogP) is 2.37. The molecule has 0 aliphatic heterocycles. The minimum atomic E-state index is -0.157. The first-order valence-corrected chi connectivity index (χ1v) is 8.05. The molecule has 3 rings (SSSR count). The lowest BCUT2D eigenvalue weighted by molar-refractivity contribution is 0.0963. The van der Waals surface area contributed by atoms with Crippen molar-refractivity contribution in [2.75, 3.05) is 21.1 Å². The minimum absolute atomic E-state index is 0.132. The number of hydrogen-bond donors (Lipinski definition) is 2. The number of pyridine rings is 1. The maximum atomic E-state index is 12.5. The van der Waals surface area contributed by atoms with Gasteiger partial charge in [-0.05, 0) is 32.3 Å². The van der Waals surface area contributed by atoms with Gasteiger partial charge in [-0.1, -0.05) is 6.07 Å². The number of carbonyl (C=O) groups is 1. The van der Waals surface area contributed by atoms with E-state index < -0.39 is 0 Å². The van der Waals surface area contributed by atoms with Crippen molar-refractivity contribution < 1.29 is 9.90 Å². The highest BCUT2D eigenvalue weighted by Crippen LogP contribution is 2.36. The van der Waals surface area contributed by atoms with E-state index in [1.807, 2.05) is 48.8 Å². The summed E-state index contributed by atoms with van der Waals surface area (Å²) in [5, 5.41) is 14.0. The van der Waals surface area contributed by atoms with Gasteiger partial charge in [0.2, 0.25) is 0 Å². The summed E-state index contributed by atoms with van der Waals surface area (Å²) < 4.78 is 2.01. The number of amides is 1. The molecule has 0 radical (unpaired) electrons. The number of phenolic OH excluding ortho intramolecular Hbond substituents is 1. The smallest absolute Gasteiger partial charge is 0.253 e. The number of aromatic nitrogens is 2. The number of rotatable bonds is 4. The molecule has 0 atom stereocenters. The number of phenols is 1. The third-order valence-electron chi connectivity index (χ3n) is 4.33. The van der Waals surface area contributed by atoms with Crippen LogP contribution in [0.1, 0.15) is 16.1 Å². The highest BCUT2D eigenvalue weighted by Gasteiger charge is 2.22. The second-order valence-corrected chi connectivity index (χ2v) is 6.33. The largest absolute Gasteiger partial charge is 0.507 e. The van der Waals surface area contributed by atoms with E-state index in [4.69, 9.17) is 0 Å². The Hall–Kier alpha value is -2.86. The Balaban J connectivity index is 2.31. The summed E-state index contributed by atoms with van der Waals surface area (Å²) in [6.07, 6.45) is 3.41. The molecule has 2 aromatic heterocycles. The third-order valence-corrected chi connectivity index (χ3v) is 4.33. The number of carbonyl (C=O) groups excluding carboxylic acids is 1. The SMILES string of the molecule is CNC(=O)c1c(CN(C)C)n(C)c2cc(-c3cccnc3)c(O)cc12. The second-order valence-electron chi connectivity index (χ2n) is 6.33. The minimum Gasteiger partial charge on any atom is -0.507 e. The zero-order valence-electron chi connectivity index (χ0n) is 14.9. The van der Waals surface area contributed by atoms with Crippen molar-refractivity contribution in [3.05, 3.63) is 47.9 Å². The molecular weight excluding hydrogens is 316 g/mol. The highest BCUT2D eigenvalue weighted by atomic mass is 16.3. The van der Waals surface area contributed by atoms with Crippen molar-refractivity contribution >= 4 is 16.8 Å². The molecule has 130 valence electrons. The van der Waals surface area contributed by atoms with Crippen LogP contribution in [0.5, 0.6) is 5.75 Å². The molecule has 2 N–H and O–H groups in total. The van der Waals surface area contributed by atoms with E-state index in [2.05, 4.69) is 10.3 Å². The van der Waals surface area contributed by atoms with Crippen LogP contribution < -0.4 is 5.32 Å². The number of nitrogens with zero attached hydrogens (tertiary/aromatic N) is 3. The molecule has 3 aromatic rings. The molecule has 0 aliphatic carbocycles. The molecule has 1 amide bonds. The zero-order valence-corrected chi connectivity index (χ0v) is 14.9. The Morgan fingerprint density at radius 2 is 2.12 bits per heavy atom. The maximum absolute atomic E-state index is 12.5. The Bertz CT molecular complexity index is 930. The van der Waals surface area contributed by atoms with E-state index in [-0.39, 0.29) is 11.7 Å². The molecular formula is C19H22N4O2. The Kier molecular flexibility index (Phi) is 4.46. The van der Waals surface area contributed by atoms with Crippen molar-refractivity contribution in [3.63, 3.8) is 0 Å². The Morgan fingerprint density at radius 1 is 1.36 bits per heavy atom. The molecule has 6 heteroatoms. The number of fused-ring (bicyclic) bond motifs is 1. The first kappa shape index (κ1) is 17.0. The molecule has 6 nitrogen and oxygen atoms in total. The standard InChI is InChI=1S/C19H22N4O2/c1-20-19(25)18-14-9-17(24)13(12-6-5-7-21-10-12)8-15(14)23(4)16(18)11-22(2)3/h5-10,24H,11H2,1-4H3,(H,20,25). The molecule has 25 heavy (non-hydrogen) atoms. The van der Waals surface area contributed by atoms with Crippen LogP contribution in [-0.4, -0.2) is 46.6 Å². The molecule has 0 unspecified atom stereocenters. The topological polar surface area (TPSA) is 70.4 Å². The predicted molar refractivity (Wildman–Crippen MR) is 98.6 cm³/mol. The van der Waals surface area contributed by atoms with Gasteiger partial charge >= 0.3 is 0 Å². The van der Waals surface area contributed by atoms with Gasteiger partial charge in [0.15, 0.2) is 0 Å². The molecule has 0 saturated heterocycles. The van der Waals surface area contributed by atoms with Gasteiger partial charge < -0.3 is 19.9 Å². The van der Waals surface area contributed by atoms with Crippen LogP contribution in [-0.2, 0) is 13.6 Å². The first-order valence-electron chi connectivity index (χ1n) is 8.05. The fraction of sp³-hybridized carbons (Fsp3) is 0.263. The van der Waals surface area contributed by atoms with E-state index in [9.17, 15) is 9.90 Å². The van der Waals surface area contributed by atoms with E-state index in [0.717, 1.165) is 22.2 Å². The van der Waals surface area contributed by atoms with Crippen LogP contribution in [0.3, 0.4) is 0 Å². The summed E-state index contributed by atoms with van der Waals surface area (Å²) in [5.74, 6) is -0.0244. The highest BCUT2D eigenvalue weighted by molar-refractivity contribution is 6.09. The van der Waals surface area contributed by atoms with Crippen molar-refractivity contribution in [1.82, 2.24) is 19.8 Å². The van der Waals surface area contributed by atoms with Crippen LogP contribution in [0.25, 0.3) is 22.0 Å². The van der Waals surface area contributed by atoms with Crippen LogP contribution in [0.15, 0.2) is 36.7 Å². The number of nitrogens with one attached hydrogen (secondary N) is 1. The molecule has 1 aromatic carbocycles. The summed E-state index contributed by atoms with van der Waals surface area (Å²) in [4.78, 5) is 18.6. The van der Waals surface area contributed by atoms with Gasteiger partial charge in [-0.15, -0.1) is 0 Å². The van der Waals surface area contributed by atoms with Gasteiger partial charge in [0.05, 0.1) is 5.56 Å². The van der Waals surface area contributed by atoms with Crippen LogP contribution in [0, 0.1) is 0 Å². The van der Waals surface area contributed by atoms with Gasteiger partial charge in [-0.2, -0.15) is 0 Å². The van der Waals surface area contributed by atoms with E-state index in [1.165, 1.54) is 0 Å². The van der Waals surface area contributed by atoms with Crippen molar-refractivity contribution in [3.8, 4) is 16.9 Å². The molecule has 0 saturated carbocycles. The van der Waals surface area contributed by atoms with Gasteiger partial charge in [-0.25, -0.2) is 0 Å². The van der Waals surface area contributed by atoms with Gasteiger partial charge in [0, 0.05) is 60.8 Å². The number of aryl methyl sites for hydroxylation is 1. The summed E-state index contributed by atoms with van der Waals surface area (Å²) in [6, 6.07) is 7.31. The van der Waals surface area contributed by atoms with Crippen LogP contribution in [0.4, 0.5) is 0 Å². The molecule has 0 spiro atoms. The summed E-state index contributed by atoms with van der Waals surface area (Å²) >= 11 is 0. The molecule has 0 fully saturated rings. The summed E-state index contributed by atoms with van der Waals surface area (Å²) in [5.41, 5.74) is 3.93. The summed E-state index contributed by atoms with van der Waals surface area (Å²) in [7, 11) is 7.48.